The molecule has 56 heavy (non-hydrogen) atoms. The molecule has 0 bridgehead atoms. The third-order valence-corrected chi connectivity index (χ3v) is 8.27. The summed E-state index contributed by atoms with van der Waals surface area (Å²) in [5.74, 6) is -1.03. The lowest BCUT2D eigenvalue weighted by Gasteiger charge is -2.46. The number of carbonyl (C=O) groups is 4. The van der Waals surface area contributed by atoms with Gasteiger partial charge >= 0.3 is 18.3 Å². The van der Waals surface area contributed by atoms with E-state index < -0.39 is 108 Å². The second-order valence-electron chi connectivity index (χ2n) is 15.1. The number of alkyl carbamates (subject to hydrolysis) is 2. The van der Waals surface area contributed by atoms with Gasteiger partial charge in [-0.05, 0) is 72.6 Å². The zero-order valence-corrected chi connectivity index (χ0v) is 33.1. The molecule has 1 aliphatic carbocycles. The van der Waals surface area contributed by atoms with Gasteiger partial charge in [0.1, 0.15) is 48.3 Å². The van der Waals surface area contributed by atoms with Crippen molar-refractivity contribution in [3.63, 3.8) is 0 Å². The minimum atomic E-state index is -1.84. The van der Waals surface area contributed by atoms with E-state index in [9.17, 15) is 49.7 Å². The Kier molecular flexibility index (Phi) is 18.1. The van der Waals surface area contributed by atoms with Gasteiger partial charge in [-0.25, -0.2) is 14.4 Å². The van der Waals surface area contributed by atoms with E-state index in [-0.39, 0.29) is 25.3 Å². The van der Waals surface area contributed by atoms with E-state index in [0.717, 1.165) is 4.90 Å². The highest BCUT2D eigenvalue weighted by molar-refractivity contribution is 5.82. The van der Waals surface area contributed by atoms with E-state index in [1.165, 1.54) is 45.3 Å². The van der Waals surface area contributed by atoms with Crippen LogP contribution in [0.2, 0.25) is 0 Å². The lowest BCUT2D eigenvalue weighted by Crippen LogP contribution is -2.67. The minimum Gasteiger partial charge on any atom is -0.445 e. The largest absolute Gasteiger partial charge is 0.445 e. The molecule has 21 nitrogen and oxygen atoms in total. The summed E-state index contributed by atoms with van der Waals surface area (Å²) in [6, 6.07) is 1.89. The molecular formula is C35H57N5O16. The van der Waals surface area contributed by atoms with Crippen LogP contribution in [0, 0.1) is 10.1 Å². The monoisotopic (exact) mass is 803 g/mol. The second kappa shape index (κ2) is 21.2. The molecule has 0 spiro atoms. The number of nitrogens with one attached hydrogen (secondary N) is 3. The van der Waals surface area contributed by atoms with Crippen molar-refractivity contribution in [2.75, 3.05) is 33.9 Å². The average Bonchev–Trinajstić information content (AvgIpc) is 3.10. The molecular weight excluding hydrogens is 746 g/mol. The summed E-state index contributed by atoms with van der Waals surface area (Å²) in [5.41, 5.74) is -1.44. The van der Waals surface area contributed by atoms with E-state index in [4.69, 9.17) is 28.4 Å². The van der Waals surface area contributed by atoms with Gasteiger partial charge in [0, 0.05) is 26.3 Å². The molecule has 318 valence electrons. The first-order chi connectivity index (χ1) is 26.0. The van der Waals surface area contributed by atoms with Crippen molar-refractivity contribution >= 4 is 29.9 Å². The van der Waals surface area contributed by atoms with E-state index in [2.05, 4.69) is 16.0 Å². The fraction of sp³-hybridized carbons (Fsp3) is 0.714. The summed E-state index contributed by atoms with van der Waals surface area (Å²) in [6.07, 6.45) is -12.5. The smallest absolute Gasteiger partial charge is 0.410 e. The zero-order chi connectivity index (χ0) is 42.5. The molecule has 21 heteroatoms. The molecule has 1 saturated carbocycles. The van der Waals surface area contributed by atoms with Gasteiger partial charge in [0.15, 0.2) is 6.29 Å². The normalized spacial score (nSPS) is 22.1. The van der Waals surface area contributed by atoms with Crippen LogP contribution in [0.15, 0.2) is 24.3 Å². The van der Waals surface area contributed by atoms with Crippen molar-refractivity contribution in [2.24, 2.45) is 0 Å². The van der Waals surface area contributed by atoms with Gasteiger partial charge in [-0.3, -0.25) is 14.9 Å². The fourth-order valence-electron chi connectivity index (χ4n) is 5.39. The Hall–Kier alpha value is -4.38. The molecule has 1 aromatic carbocycles. The first-order valence-electron chi connectivity index (χ1n) is 17.8. The third kappa shape index (κ3) is 15.3. The number of amides is 4. The number of benzene rings is 1. The highest BCUT2D eigenvalue weighted by atomic mass is 16.7. The predicted molar refractivity (Wildman–Crippen MR) is 195 cm³/mol. The van der Waals surface area contributed by atoms with Crippen LogP contribution in [-0.2, 0) is 39.8 Å². The van der Waals surface area contributed by atoms with E-state index >= 15 is 0 Å². The van der Waals surface area contributed by atoms with Crippen LogP contribution in [0.1, 0.15) is 60.5 Å². The summed E-state index contributed by atoms with van der Waals surface area (Å²) >= 11 is 0. The standard InChI is InChI=1S/C35H57N5O16/c1-19(39(8)33(48)56-35(5,6)7)25(43)30(52-15-14-41)54-28-23(37-29(45)24(42)17-36-31(46)55-34(2,3)4)16-22(27(51-9)26(28)44)38-32(47)53-18-20-10-12-21(13-11-20)40(49)50/h10-13,19,22-28,30,41-44H,14-18H2,1-9H3,(H,36,46)(H,37,45)(H,38,47)/t19-,22-,23+,24+,25+,26-,27+,28-,30+/m0/s1. The predicted octanol–water partition coefficient (Wildman–Crippen LogP) is 0.676. The Balaban J connectivity index is 2.37. The molecule has 4 amide bonds. The molecule has 0 aliphatic heterocycles. The number of nitro groups is 1. The van der Waals surface area contributed by atoms with Gasteiger partial charge in [0.05, 0.1) is 42.8 Å². The molecule has 0 heterocycles. The Morgan fingerprint density at radius 3 is 2.09 bits per heavy atom. The Bertz CT molecular complexity index is 1450. The molecule has 1 aliphatic rings. The number of rotatable bonds is 17. The number of hydrogen-bond acceptors (Lipinski definition) is 16. The van der Waals surface area contributed by atoms with E-state index in [1.807, 2.05) is 0 Å². The highest BCUT2D eigenvalue weighted by Gasteiger charge is 2.49. The van der Waals surface area contributed by atoms with Gasteiger partial charge in [-0.2, -0.15) is 0 Å². The summed E-state index contributed by atoms with van der Waals surface area (Å²) in [5, 5.41) is 61.6. The molecule has 1 aromatic rings. The van der Waals surface area contributed by atoms with Gasteiger partial charge in [-0.15, -0.1) is 0 Å². The van der Waals surface area contributed by atoms with Gasteiger partial charge < -0.3 is 69.7 Å². The second-order valence-corrected chi connectivity index (χ2v) is 15.1. The van der Waals surface area contributed by atoms with Gasteiger partial charge in [0.2, 0.25) is 0 Å². The molecule has 1 fully saturated rings. The van der Waals surface area contributed by atoms with Crippen LogP contribution < -0.4 is 16.0 Å². The van der Waals surface area contributed by atoms with E-state index in [1.54, 1.807) is 41.5 Å². The van der Waals surface area contributed by atoms with Crippen LogP contribution in [-0.4, -0.2) is 154 Å². The maximum absolute atomic E-state index is 13.3. The van der Waals surface area contributed by atoms with E-state index in [0.29, 0.717) is 5.56 Å². The number of aliphatic hydroxyl groups is 4. The number of carbonyl (C=O) groups excluding carboxylic acids is 4. The fourth-order valence-corrected chi connectivity index (χ4v) is 5.39. The number of aliphatic hydroxyl groups excluding tert-OH is 4. The molecule has 0 saturated heterocycles. The van der Waals surface area contributed by atoms with Gasteiger partial charge in [-0.1, -0.05) is 0 Å². The summed E-state index contributed by atoms with van der Waals surface area (Å²) in [6.45, 7) is 9.59. The quantitative estimate of drug-likeness (QED) is 0.0493. The number of nitrogens with zero attached hydrogens (tertiary/aromatic N) is 2. The number of ether oxygens (including phenoxy) is 6. The van der Waals surface area contributed by atoms with Crippen molar-refractivity contribution in [1.82, 2.24) is 20.9 Å². The number of hydrogen-bond donors (Lipinski definition) is 7. The lowest BCUT2D eigenvalue weighted by atomic mass is 9.83. The molecule has 7 N–H and O–H groups in total. The van der Waals surface area contributed by atoms with Crippen molar-refractivity contribution in [3.8, 4) is 0 Å². The zero-order valence-electron chi connectivity index (χ0n) is 33.1. The maximum atomic E-state index is 13.3. The van der Waals surface area contributed by atoms with Crippen molar-refractivity contribution in [1.29, 1.82) is 0 Å². The van der Waals surface area contributed by atoms with Crippen molar-refractivity contribution < 1.29 is 72.9 Å². The van der Waals surface area contributed by atoms with Crippen molar-refractivity contribution in [3.05, 3.63) is 39.9 Å². The first kappa shape index (κ1) is 47.8. The van der Waals surface area contributed by atoms with Crippen LogP contribution in [0.3, 0.4) is 0 Å². The van der Waals surface area contributed by atoms with Crippen molar-refractivity contribution in [2.45, 2.75) is 128 Å². The Morgan fingerprint density at radius 1 is 0.964 bits per heavy atom. The number of non-ortho nitro benzene ring substituents is 1. The molecule has 9 atom stereocenters. The maximum Gasteiger partial charge on any atom is 0.410 e. The number of likely N-dealkylation sites (N-methyl/N-ethyl adjacent to an activating group) is 1. The number of nitro benzene ring substituents is 1. The third-order valence-electron chi connectivity index (χ3n) is 8.27. The molecule has 0 unspecified atom stereocenters. The topological polar surface area (TPSA) is 287 Å². The molecule has 2 rings (SSSR count). The lowest BCUT2D eigenvalue weighted by molar-refractivity contribution is -0.384. The highest BCUT2D eigenvalue weighted by Crippen LogP contribution is 2.29. The number of methoxy groups -OCH3 is 1. The van der Waals surface area contributed by atoms with Crippen LogP contribution in [0.4, 0.5) is 20.1 Å². The average molecular weight is 804 g/mol. The molecule has 0 aromatic heterocycles. The van der Waals surface area contributed by atoms with Crippen LogP contribution in [0.5, 0.6) is 0 Å². The molecule has 0 radical (unpaired) electrons. The Morgan fingerprint density at radius 2 is 1.55 bits per heavy atom. The Labute approximate surface area is 325 Å². The van der Waals surface area contributed by atoms with Crippen LogP contribution in [0.25, 0.3) is 0 Å². The summed E-state index contributed by atoms with van der Waals surface area (Å²) in [4.78, 5) is 62.7. The summed E-state index contributed by atoms with van der Waals surface area (Å²) in [7, 11) is 2.60. The summed E-state index contributed by atoms with van der Waals surface area (Å²) < 4.78 is 33.1. The SMILES string of the molecule is CO[C@H]1[C@H](O)[C@@H](O[C@@H](OCCO)[C@H](O)[C@H](C)N(C)C(=O)OC(C)(C)C)[C@H](NC(=O)[C@H](O)CNC(=O)OC(C)(C)C)C[C@@H]1NC(=O)OCc1ccc([N+](=O)[O-])cc1. The van der Waals surface area contributed by atoms with Gasteiger partial charge in [0.25, 0.3) is 11.6 Å². The first-order valence-corrected chi connectivity index (χ1v) is 17.8. The van der Waals surface area contributed by atoms with Crippen LogP contribution >= 0.6 is 0 Å². The minimum absolute atomic E-state index is 0.158.